The summed E-state index contributed by atoms with van der Waals surface area (Å²) in [5.41, 5.74) is 1.73. The van der Waals surface area contributed by atoms with Crippen LogP contribution in [0.2, 0.25) is 0 Å². The van der Waals surface area contributed by atoms with Gasteiger partial charge in [-0.05, 0) is 26.0 Å². The molecule has 0 heterocycles. The van der Waals surface area contributed by atoms with E-state index in [2.05, 4.69) is 24.5 Å². The van der Waals surface area contributed by atoms with Crippen molar-refractivity contribution < 1.29 is 24.4 Å². The van der Waals surface area contributed by atoms with Crippen molar-refractivity contribution >= 4 is 23.2 Å². The van der Waals surface area contributed by atoms with E-state index in [0.717, 1.165) is 19.6 Å². The third-order valence-corrected chi connectivity index (χ3v) is 5.52. The lowest BCUT2D eigenvalue weighted by Crippen LogP contribution is -3.12. The first kappa shape index (κ1) is 21.7. The van der Waals surface area contributed by atoms with Crippen LogP contribution < -0.4 is 15.5 Å². The van der Waals surface area contributed by atoms with Gasteiger partial charge in [-0.1, -0.05) is 24.3 Å². The molecule has 1 aliphatic carbocycles. The number of amides is 1. The number of hydrogen-bond acceptors (Lipinski definition) is 5. The quantitative estimate of drug-likeness (QED) is 0.412. The van der Waals surface area contributed by atoms with Crippen molar-refractivity contribution in [1.82, 2.24) is 5.32 Å². The number of anilines is 1. The molecular weight excluding hydrogens is 382 g/mol. The molecule has 0 bridgehead atoms. The standard InChI is InChI=1S/C23H27N3O4/c1-3-26(4-2)13-11-25-23(30)18-10-9-17-19(20(18)24-12-14-27)22(29)16-8-6-5-7-15(16)21(17)28/h5-10,24,27H,3-4,11-14H2,1-2H3,(H,25,30)/p+1. The second-order valence-electron chi connectivity index (χ2n) is 7.23. The monoisotopic (exact) mass is 410 g/mol. The van der Waals surface area contributed by atoms with Crippen LogP contribution in [-0.2, 0) is 0 Å². The van der Waals surface area contributed by atoms with E-state index in [-0.39, 0.29) is 47.3 Å². The molecule has 1 amide bonds. The van der Waals surface area contributed by atoms with E-state index in [9.17, 15) is 19.5 Å². The minimum Gasteiger partial charge on any atom is -0.395 e. The van der Waals surface area contributed by atoms with Crippen molar-refractivity contribution in [2.45, 2.75) is 13.8 Å². The number of aliphatic hydroxyl groups excluding tert-OH is 1. The number of rotatable bonds is 9. The van der Waals surface area contributed by atoms with Gasteiger partial charge < -0.3 is 20.6 Å². The van der Waals surface area contributed by atoms with Crippen LogP contribution in [0.15, 0.2) is 36.4 Å². The molecule has 0 radical (unpaired) electrons. The number of nitrogens with one attached hydrogen (secondary N) is 3. The van der Waals surface area contributed by atoms with Crippen LogP contribution in [0, 0.1) is 0 Å². The Hall–Kier alpha value is -3.03. The summed E-state index contributed by atoms with van der Waals surface area (Å²) in [6, 6.07) is 9.79. The topological polar surface area (TPSA) is 99.9 Å². The van der Waals surface area contributed by atoms with Crippen LogP contribution in [0.1, 0.15) is 56.0 Å². The minimum atomic E-state index is -0.316. The number of ketones is 2. The number of hydrogen-bond donors (Lipinski definition) is 4. The first-order valence-corrected chi connectivity index (χ1v) is 10.3. The lowest BCUT2D eigenvalue weighted by Gasteiger charge is -2.23. The summed E-state index contributed by atoms with van der Waals surface area (Å²) >= 11 is 0. The molecule has 0 saturated carbocycles. The molecule has 0 atom stereocenters. The molecule has 7 nitrogen and oxygen atoms in total. The highest BCUT2D eigenvalue weighted by atomic mass is 16.3. The molecule has 0 aliphatic heterocycles. The summed E-state index contributed by atoms with van der Waals surface area (Å²) in [7, 11) is 0. The lowest BCUT2D eigenvalue weighted by molar-refractivity contribution is -0.895. The summed E-state index contributed by atoms with van der Waals surface area (Å²) in [6.45, 7) is 7.44. The van der Waals surface area contributed by atoms with Crippen LogP contribution >= 0.6 is 0 Å². The fourth-order valence-corrected chi connectivity index (χ4v) is 3.79. The number of quaternary nitrogens is 1. The largest absolute Gasteiger partial charge is 0.395 e. The van der Waals surface area contributed by atoms with Gasteiger partial charge >= 0.3 is 0 Å². The molecule has 7 heteroatoms. The molecule has 30 heavy (non-hydrogen) atoms. The Morgan fingerprint density at radius 3 is 2.23 bits per heavy atom. The van der Waals surface area contributed by atoms with Crippen molar-refractivity contribution in [1.29, 1.82) is 0 Å². The molecule has 0 fully saturated rings. The summed E-state index contributed by atoms with van der Waals surface area (Å²) < 4.78 is 0. The van der Waals surface area contributed by atoms with Crippen molar-refractivity contribution in [3.63, 3.8) is 0 Å². The minimum absolute atomic E-state index is 0.156. The van der Waals surface area contributed by atoms with Gasteiger partial charge in [-0.25, -0.2) is 0 Å². The molecule has 158 valence electrons. The van der Waals surface area contributed by atoms with Gasteiger partial charge in [0.15, 0.2) is 11.6 Å². The van der Waals surface area contributed by atoms with Gasteiger partial charge in [-0.2, -0.15) is 0 Å². The van der Waals surface area contributed by atoms with Gasteiger partial charge in [0.1, 0.15) is 0 Å². The molecular formula is C23H28N3O4+. The fourth-order valence-electron chi connectivity index (χ4n) is 3.79. The first-order chi connectivity index (χ1) is 14.5. The third-order valence-electron chi connectivity index (χ3n) is 5.52. The van der Waals surface area contributed by atoms with Crippen LogP contribution in [0.3, 0.4) is 0 Å². The van der Waals surface area contributed by atoms with E-state index >= 15 is 0 Å². The maximum Gasteiger partial charge on any atom is 0.253 e. The number of carbonyl (C=O) groups excluding carboxylic acids is 3. The highest BCUT2D eigenvalue weighted by molar-refractivity contribution is 6.31. The number of carbonyl (C=O) groups is 3. The predicted octanol–water partition coefficient (Wildman–Crippen LogP) is 0.521. The van der Waals surface area contributed by atoms with Crippen molar-refractivity contribution in [3.8, 4) is 0 Å². The van der Waals surface area contributed by atoms with Gasteiger partial charge in [-0.15, -0.1) is 0 Å². The molecule has 2 aromatic carbocycles. The van der Waals surface area contributed by atoms with Crippen molar-refractivity contribution in [2.75, 3.05) is 44.6 Å². The Morgan fingerprint density at radius 2 is 1.60 bits per heavy atom. The number of aliphatic hydroxyl groups is 1. The van der Waals surface area contributed by atoms with E-state index in [4.69, 9.17) is 0 Å². The van der Waals surface area contributed by atoms with Crippen LogP contribution in [0.4, 0.5) is 5.69 Å². The van der Waals surface area contributed by atoms with E-state index in [1.165, 1.54) is 4.90 Å². The Morgan fingerprint density at radius 1 is 0.933 bits per heavy atom. The summed E-state index contributed by atoms with van der Waals surface area (Å²) in [5, 5.41) is 15.2. The zero-order chi connectivity index (χ0) is 21.7. The fraction of sp³-hybridized carbons (Fsp3) is 0.348. The highest BCUT2D eigenvalue weighted by Gasteiger charge is 2.33. The second kappa shape index (κ2) is 9.65. The first-order valence-electron chi connectivity index (χ1n) is 10.3. The SMILES string of the molecule is CC[NH+](CC)CCNC(=O)c1ccc2c(c1NCCO)C(=O)c1ccccc1C2=O. The van der Waals surface area contributed by atoms with Crippen LogP contribution in [0.25, 0.3) is 0 Å². The lowest BCUT2D eigenvalue weighted by atomic mass is 9.82. The Bertz CT molecular complexity index is 967. The zero-order valence-electron chi connectivity index (χ0n) is 17.4. The smallest absolute Gasteiger partial charge is 0.253 e. The van der Waals surface area contributed by atoms with Gasteiger partial charge in [-0.3, -0.25) is 14.4 Å². The van der Waals surface area contributed by atoms with Gasteiger partial charge in [0, 0.05) is 23.2 Å². The normalized spacial score (nSPS) is 12.5. The molecule has 0 unspecified atom stereocenters. The summed E-state index contributed by atoms with van der Waals surface area (Å²) in [4.78, 5) is 40.4. The third kappa shape index (κ3) is 4.13. The maximum atomic E-state index is 13.2. The van der Waals surface area contributed by atoms with Gasteiger partial charge in [0.2, 0.25) is 0 Å². The van der Waals surface area contributed by atoms with E-state index in [1.54, 1.807) is 36.4 Å². The number of fused-ring (bicyclic) bond motifs is 2. The molecule has 1 aliphatic rings. The Kier molecular flexibility index (Phi) is 6.97. The molecule has 0 aromatic heterocycles. The number of benzene rings is 2. The number of likely N-dealkylation sites (N-methyl/N-ethyl adjacent to an activating group) is 1. The molecule has 4 N–H and O–H groups in total. The van der Waals surface area contributed by atoms with Gasteiger partial charge in [0.25, 0.3) is 5.91 Å². The molecule has 0 spiro atoms. The van der Waals surface area contributed by atoms with Crippen LogP contribution in [-0.4, -0.2) is 61.9 Å². The average Bonchev–Trinajstić information content (AvgIpc) is 2.78. The molecule has 0 saturated heterocycles. The van der Waals surface area contributed by atoms with Gasteiger partial charge in [0.05, 0.1) is 49.6 Å². The zero-order valence-corrected chi connectivity index (χ0v) is 17.4. The maximum absolute atomic E-state index is 13.2. The van der Waals surface area contributed by atoms with E-state index in [0.29, 0.717) is 23.4 Å². The van der Waals surface area contributed by atoms with Crippen molar-refractivity contribution in [3.05, 3.63) is 64.2 Å². The van der Waals surface area contributed by atoms with Crippen molar-refractivity contribution in [2.24, 2.45) is 0 Å². The highest BCUT2D eigenvalue weighted by Crippen LogP contribution is 2.34. The summed E-state index contributed by atoms with van der Waals surface area (Å²) in [6.07, 6.45) is 0. The van der Waals surface area contributed by atoms with E-state index in [1.807, 2.05) is 0 Å². The molecule has 3 rings (SSSR count). The second-order valence-corrected chi connectivity index (χ2v) is 7.23. The molecule has 2 aromatic rings. The average molecular weight is 410 g/mol. The summed E-state index contributed by atoms with van der Waals surface area (Å²) in [5.74, 6) is -0.865. The Labute approximate surface area is 176 Å². The Balaban J connectivity index is 1.97. The predicted molar refractivity (Wildman–Crippen MR) is 115 cm³/mol. The van der Waals surface area contributed by atoms with Crippen LogP contribution in [0.5, 0.6) is 0 Å². The van der Waals surface area contributed by atoms with E-state index < -0.39 is 0 Å².